The second-order valence-corrected chi connectivity index (χ2v) is 4.20. The summed E-state index contributed by atoms with van der Waals surface area (Å²) in [5.74, 6) is -4.13. The number of benzene rings is 1. The van der Waals surface area contributed by atoms with Crippen LogP contribution >= 0.6 is 11.3 Å². The topological polar surface area (TPSA) is 20.2 Å². The molecule has 2 rings (SSSR count). The first-order valence-electron chi connectivity index (χ1n) is 4.45. The molecule has 1 atom stereocenters. The summed E-state index contributed by atoms with van der Waals surface area (Å²) in [6.07, 6.45) is -1.13. The van der Waals surface area contributed by atoms with Crippen LogP contribution in [-0.4, -0.2) is 5.11 Å². The fraction of sp³-hybridized carbons (Fsp3) is 0.0909. The molecule has 0 amide bonds. The largest absolute Gasteiger partial charge is 0.383 e. The van der Waals surface area contributed by atoms with Crippen molar-refractivity contribution in [2.75, 3.05) is 0 Å². The number of aliphatic hydroxyl groups is 1. The highest BCUT2D eigenvalue weighted by Gasteiger charge is 2.17. The third-order valence-corrected chi connectivity index (χ3v) is 3.06. The maximum Gasteiger partial charge on any atom is 0.194 e. The second kappa shape index (κ2) is 4.27. The molecule has 0 aliphatic rings. The Hall–Kier alpha value is -1.33. The van der Waals surface area contributed by atoms with E-state index in [1.54, 1.807) is 17.5 Å². The Morgan fingerprint density at radius 2 is 1.75 bits per heavy atom. The van der Waals surface area contributed by atoms with Crippen LogP contribution in [0.25, 0.3) is 0 Å². The highest BCUT2D eigenvalue weighted by atomic mass is 32.1. The van der Waals surface area contributed by atoms with E-state index in [1.165, 1.54) is 11.3 Å². The molecule has 0 fully saturated rings. The van der Waals surface area contributed by atoms with Gasteiger partial charge in [-0.3, -0.25) is 0 Å². The zero-order valence-corrected chi connectivity index (χ0v) is 8.77. The fourth-order valence-electron chi connectivity index (χ4n) is 1.34. The van der Waals surface area contributed by atoms with Crippen LogP contribution in [0.15, 0.2) is 29.6 Å². The van der Waals surface area contributed by atoms with Crippen LogP contribution in [0.1, 0.15) is 16.5 Å². The van der Waals surface area contributed by atoms with Crippen LogP contribution in [0.4, 0.5) is 13.2 Å². The molecule has 1 nitrogen and oxygen atoms in total. The minimum Gasteiger partial charge on any atom is -0.383 e. The summed E-state index contributed by atoms with van der Waals surface area (Å²) in [5, 5.41) is 11.5. The minimum atomic E-state index is -1.53. The lowest BCUT2D eigenvalue weighted by Crippen LogP contribution is -2.01. The van der Waals surface area contributed by atoms with Crippen molar-refractivity contribution < 1.29 is 18.3 Å². The third-order valence-electron chi connectivity index (χ3n) is 2.13. The first-order valence-corrected chi connectivity index (χ1v) is 5.33. The highest BCUT2D eigenvalue weighted by Crippen LogP contribution is 2.27. The monoisotopic (exact) mass is 244 g/mol. The van der Waals surface area contributed by atoms with Gasteiger partial charge >= 0.3 is 0 Å². The number of rotatable bonds is 2. The van der Waals surface area contributed by atoms with Crippen LogP contribution in [0.2, 0.25) is 0 Å². The van der Waals surface area contributed by atoms with Crippen molar-refractivity contribution in [1.29, 1.82) is 0 Å². The first kappa shape index (κ1) is 11.2. The molecule has 0 bridgehead atoms. The van der Waals surface area contributed by atoms with Crippen molar-refractivity contribution in [3.05, 3.63) is 57.5 Å². The molecule has 1 heterocycles. The summed E-state index contributed by atoms with van der Waals surface area (Å²) >= 11 is 1.25. The van der Waals surface area contributed by atoms with E-state index in [1.807, 2.05) is 0 Å². The Labute approximate surface area is 93.8 Å². The maximum absolute atomic E-state index is 12.9. The van der Waals surface area contributed by atoms with E-state index >= 15 is 0 Å². The molecule has 0 saturated carbocycles. The van der Waals surface area contributed by atoms with E-state index in [9.17, 15) is 18.3 Å². The van der Waals surface area contributed by atoms with E-state index in [4.69, 9.17) is 0 Å². The van der Waals surface area contributed by atoms with Crippen molar-refractivity contribution in [3.63, 3.8) is 0 Å². The Balaban J connectivity index is 2.42. The van der Waals surface area contributed by atoms with Gasteiger partial charge in [-0.15, -0.1) is 11.3 Å². The van der Waals surface area contributed by atoms with Crippen molar-refractivity contribution in [2.45, 2.75) is 6.10 Å². The molecule has 1 N–H and O–H groups in total. The van der Waals surface area contributed by atoms with Gasteiger partial charge in [-0.1, -0.05) is 6.07 Å². The molecule has 5 heteroatoms. The second-order valence-electron chi connectivity index (χ2n) is 3.22. The molecule has 16 heavy (non-hydrogen) atoms. The Morgan fingerprint density at radius 3 is 2.25 bits per heavy atom. The number of halogens is 3. The summed E-state index contributed by atoms with van der Waals surface area (Å²) in [7, 11) is 0. The Morgan fingerprint density at radius 1 is 1.12 bits per heavy atom. The van der Waals surface area contributed by atoms with Crippen LogP contribution in [0.5, 0.6) is 0 Å². The summed E-state index contributed by atoms with van der Waals surface area (Å²) in [4.78, 5) is 0.547. The molecule has 0 radical (unpaired) electrons. The molecule has 0 spiro atoms. The number of aliphatic hydroxyl groups excluding tert-OH is 1. The highest BCUT2D eigenvalue weighted by molar-refractivity contribution is 7.10. The van der Waals surface area contributed by atoms with E-state index in [2.05, 4.69) is 0 Å². The Kier molecular flexibility index (Phi) is 2.98. The van der Waals surface area contributed by atoms with Crippen LogP contribution < -0.4 is 0 Å². The van der Waals surface area contributed by atoms with Crippen molar-refractivity contribution >= 4 is 11.3 Å². The lowest BCUT2D eigenvalue weighted by Gasteiger charge is -2.09. The summed E-state index contributed by atoms with van der Waals surface area (Å²) in [6, 6.07) is 4.93. The van der Waals surface area contributed by atoms with Gasteiger partial charge in [0.1, 0.15) is 6.10 Å². The van der Waals surface area contributed by atoms with Gasteiger partial charge in [0.2, 0.25) is 0 Å². The van der Waals surface area contributed by atoms with Crippen molar-refractivity contribution in [2.24, 2.45) is 0 Å². The third kappa shape index (κ3) is 1.96. The van der Waals surface area contributed by atoms with Crippen LogP contribution in [0, 0.1) is 17.5 Å². The lowest BCUT2D eigenvalue weighted by atomic mass is 10.1. The normalized spacial score (nSPS) is 12.8. The Bertz CT molecular complexity index is 473. The van der Waals surface area contributed by atoms with E-state index in [-0.39, 0.29) is 5.56 Å². The minimum absolute atomic E-state index is 0.00106. The lowest BCUT2D eigenvalue weighted by molar-refractivity contribution is 0.222. The predicted octanol–water partition coefficient (Wildman–Crippen LogP) is 3.25. The molecule has 0 aliphatic carbocycles. The van der Waals surface area contributed by atoms with Gasteiger partial charge in [0.15, 0.2) is 17.5 Å². The molecule has 0 unspecified atom stereocenters. The number of hydrogen-bond donors (Lipinski definition) is 1. The van der Waals surface area contributed by atoms with Gasteiger partial charge < -0.3 is 5.11 Å². The maximum atomic E-state index is 12.9. The predicted molar refractivity (Wildman–Crippen MR) is 54.7 cm³/mol. The van der Waals surface area contributed by atoms with Gasteiger partial charge in [0.05, 0.1) is 0 Å². The SMILES string of the molecule is O[C@H](c1cc(F)c(F)c(F)c1)c1cccs1. The number of hydrogen-bond acceptors (Lipinski definition) is 2. The molecular formula is C11H7F3OS. The zero-order chi connectivity index (χ0) is 11.7. The van der Waals surface area contributed by atoms with Crippen LogP contribution in [0.3, 0.4) is 0 Å². The first-order chi connectivity index (χ1) is 7.59. The summed E-state index contributed by atoms with van der Waals surface area (Å²) < 4.78 is 38.5. The molecular weight excluding hydrogens is 237 g/mol. The smallest absolute Gasteiger partial charge is 0.194 e. The van der Waals surface area contributed by atoms with Crippen molar-refractivity contribution in [1.82, 2.24) is 0 Å². The quantitative estimate of drug-likeness (QED) is 0.804. The fourth-order valence-corrected chi connectivity index (χ4v) is 2.08. The molecule has 0 aliphatic heterocycles. The van der Waals surface area contributed by atoms with E-state index < -0.39 is 23.6 Å². The molecule has 2 aromatic rings. The average Bonchev–Trinajstić information content (AvgIpc) is 2.77. The zero-order valence-electron chi connectivity index (χ0n) is 7.95. The van der Waals surface area contributed by atoms with Gasteiger partial charge in [-0.05, 0) is 29.1 Å². The van der Waals surface area contributed by atoms with Gasteiger partial charge in [-0.25, -0.2) is 13.2 Å². The average molecular weight is 244 g/mol. The van der Waals surface area contributed by atoms with Gasteiger partial charge in [0.25, 0.3) is 0 Å². The van der Waals surface area contributed by atoms with Crippen LogP contribution in [-0.2, 0) is 0 Å². The standard InChI is InChI=1S/C11H7F3OS/c12-7-4-6(5-8(13)10(7)14)11(15)9-2-1-3-16-9/h1-5,11,15H/t11-/m1/s1. The summed E-state index contributed by atoms with van der Waals surface area (Å²) in [6.45, 7) is 0. The van der Waals surface area contributed by atoms with E-state index in [0.29, 0.717) is 4.88 Å². The molecule has 0 saturated heterocycles. The summed E-state index contributed by atoms with van der Waals surface area (Å²) in [5.41, 5.74) is -0.00106. The van der Waals surface area contributed by atoms with E-state index in [0.717, 1.165) is 12.1 Å². The van der Waals surface area contributed by atoms with Gasteiger partial charge in [0, 0.05) is 4.88 Å². The molecule has 1 aromatic heterocycles. The van der Waals surface area contributed by atoms with Crippen molar-refractivity contribution in [3.8, 4) is 0 Å². The number of thiophene rings is 1. The molecule has 1 aromatic carbocycles. The molecule has 84 valence electrons. The van der Waals surface area contributed by atoms with Gasteiger partial charge in [-0.2, -0.15) is 0 Å².